The van der Waals surface area contributed by atoms with Crippen LogP contribution in [0.5, 0.6) is 5.75 Å². The molecule has 1 aliphatic rings. The van der Waals surface area contributed by atoms with Crippen LogP contribution in [0.2, 0.25) is 0 Å². The molecular formula is C18H25NO5. The average Bonchev–Trinajstić information content (AvgIpc) is 2.52. The van der Waals surface area contributed by atoms with E-state index in [1.807, 2.05) is 20.8 Å². The van der Waals surface area contributed by atoms with E-state index < -0.39 is 11.4 Å². The number of hydrogen-bond acceptors (Lipinski definition) is 4. The second-order valence-corrected chi connectivity index (χ2v) is 7.12. The molecule has 1 fully saturated rings. The van der Waals surface area contributed by atoms with Crippen LogP contribution < -0.4 is 10.1 Å². The topological polar surface area (TPSA) is 84.9 Å². The number of ether oxygens (including phenoxy) is 2. The first-order chi connectivity index (χ1) is 11.2. The second-order valence-electron chi connectivity index (χ2n) is 7.12. The molecule has 0 radical (unpaired) electrons. The number of carbonyl (C=O) groups is 2. The van der Waals surface area contributed by atoms with Gasteiger partial charge in [0.25, 0.3) is 5.91 Å². The third-order valence-corrected chi connectivity index (χ3v) is 4.03. The van der Waals surface area contributed by atoms with Crippen LogP contribution in [0.1, 0.15) is 44.0 Å². The van der Waals surface area contributed by atoms with Gasteiger partial charge in [0, 0.05) is 25.3 Å². The van der Waals surface area contributed by atoms with Gasteiger partial charge in [-0.2, -0.15) is 0 Å². The number of benzene rings is 1. The lowest BCUT2D eigenvalue weighted by Gasteiger charge is -2.33. The van der Waals surface area contributed by atoms with Gasteiger partial charge in [0.1, 0.15) is 11.4 Å². The van der Waals surface area contributed by atoms with Crippen LogP contribution in [0, 0.1) is 5.41 Å². The zero-order chi connectivity index (χ0) is 17.8. The fraction of sp³-hybridized carbons (Fsp3) is 0.556. The predicted octanol–water partition coefficient (Wildman–Crippen LogP) is 2.48. The maximum atomic E-state index is 12.3. The van der Waals surface area contributed by atoms with Crippen molar-refractivity contribution in [2.45, 2.75) is 39.2 Å². The summed E-state index contributed by atoms with van der Waals surface area (Å²) in [6.07, 6.45) is 0.807. The minimum Gasteiger partial charge on any atom is -0.488 e. The Morgan fingerprint density at radius 3 is 2.29 bits per heavy atom. The van der Waals surface area contributed by atoms with E-state index in [2.05, 4.69) is 5.32 Å². The molecule has 2 N–H and O–H groups in total. The lowest BCUT2D eigenvalue weighted by atomic mass is 9.80. The Hall–Kier alpha value is -2.08. The summed E-state index contributed by atoms with van der Waals surface area (Å²) in [5, 5.41) is 12.2. The lowest BCUT2D eigenvalue weighted by Crippen LogP contribution is -2.46. The van der Waals surface area contributed by atoms with Gasteiger partial charge in [-0.15, -0.1) is 0 Å². The molecule has 0 aliphatic carbocycles. The van der Waals surface area contributed by atoms with E-state index in [1.165, 1.54) is 0 Å². The van der Waals surface area contributed by atoms with Crippen LogP contribution in [-0.2, 0) is 9.53 Å². The van der Waals surface area contributed by atoms with Crippen molar-refractivity contribution in [1.29, 1.82) is 0 Å². The molecule has 1 aliphatic heterocycles. The number of aliphatic carboxylic acids is 1. The summed E-state index contributed by atoms with van der Waals surface area (Å²) < 4.78 is 10.9. The van der Waals surface area contributed by atoms with Crippen molar-refractivity contribution in [3.05, 3.63) is 29.8 Å². The summed E-state index contributed by atoms with van der Waals surface area (Å²) in [6, 6.07) is 6.82. The maximum absolute atomic E-state index is 12.3. The Morgan fingerprint density at radius 2 is 1.79 bits per heavy atom. The molecule has 1 aromatic carbocycles. The van der Waals surface area contributed by atoms with Gasteiger partial charge >= 0.3 is 5.97 Å². The summed E-state index contributed by atoms with van der Waals surface area (Å²) in [5.41, 5.74) is -0.770. The minimum atomic E-state index is -0.941. The van der Waals surface area contributed by atoms with Crippen molar-refractivity contribution in [3.63, 3.8) is 0 Å². The largest absolute Gasteiger partial charge is 0.488 e. The maximum Gasteiger partial charge on any atom is 0.311 e. The number of rotatable bonds is 5. The summed E-state index contributed by atoms with van der Waals surface area (Å²) in [6.45, 7) is 6.76. The Kier molecular flexibility index (Phi) is 5.49. The van der Waals surface area contributed by atoms with E-state index in [1.54, 1.807) is 24.3 Å². The van der Waals surface area contributed by atoms with E-state index in [4.69, 9.17) is 9.47 Å². The van der Waals surface area contributed by atoms with Gasteiger partial charge in [-0.05, 0) is 57.9 Å². The van der Waals surface area contributed by atoms with Gasteiger partial charge in [-0.25, -0.2) is 0 Å². The van der Waals surface area contributed by atoms with Gasteiger partial charge in [-0.1, -0.05) is 0 Å². The van der Waals surface area contributed by atoms with Crippen molar-refractivity contribution in [3.8, 4) is 5.75 Å². The summed E-state index contributed by atoms with van der Waals surface area (Å²) >= 11 is 0. The highest BCUT2D eigenvalue weighted by molar-refractivity contribution is 5.94. The number of hydrogen-bond donors (Lipinski definition) is 2. The van der Waals surface area contributed by atoms with Gasteiger partial charge in [0.05, 0.1) is 5.41 Å². The monoisotopic (exact) mass is 335 g/mol. The first-order valence-electron chi connectivity index (χ1n) is 8.10. The molecule has 6 heteroatoms. The van der Waals surface area contributed by atoms with Crippen molar-refractivity contribution in [2.75, 3.05) is 19.8 Å². The predicted molar refractivity (Wildman–Crippen MR) is 89.3 cm³/mol. The van der Waals surface area contributed by atoms with E-state index in [-0.39, 0.29) is 18.1 Å². The molecule has 1 heterocycles. The van der Waals surface area contributed by atoms with Crippen molar-refractivity contribution < 1.29 is 24.2 Å². The smallest absolute Gasteiger partial charge is 0.311 e. The summed E-state index contributed by atoms with van der Waals surface area (Å²) in [5.74, 6) is -0.491. The van der Waals surface area contributed by atoms with Crippen LogP contribution in [0.25, 0.3) is 0 Å². The summed E-state index contributed by atoms with van der Waals surface area (Å²) in [4.78, 5) is 23.9. The normalized spacial score (nSPS) is 17.1. The average molecular weight is 335 g/mol. The van der Waals surface area contributed by atoms with E-state index in [0.29, 0.717) is 37.4 Å². The Balaban J connectivity index is 1.98. The van der Waals surface area contributed by atoms with Crippen molar-refractivity contribution >= 4 is 11.9 Å². The molecule has 0 atom stereocenters. The number of carbonyl (C=O) groups excluding carboxylic acids is 1. The molecule has 6 nitrogen and oxygen atoms in total. The SMILES string of the molecule is CC(C)(C)Oc1ccc(C(=O)NCC2(C(=O)O)CCOCC2)cc1. The van der Waals surface area contributed by atoms with E-state index in [0.717, 1.165) is 0 Å². The Labute approximate surface area is 142 Å². The number of carboxylic acid groups (broad SMARTS) is 1. The lowest BCUT2D eigenvalue weighted by molar-refractivity contribution is -0.154. The van der Waals surface area contributed by atoms with Gasteiger partial charge in [0.15, 0.2) is 0 Å². The van der Waals surface area contributed by atoms with Crippen LogP contribution >= 0.6 is 0 Å². The quantitative estimate of drug-likeness (QED) is 0.863. The zero-order valence-corrected chi connectivity index (χ0v) is 14.4. The first kappa shape index (κ1) is 18.3. The molecule has 0 aromatic heterocycles. The van der Waals surface area contributed by atoms with Gasteiger partial charge in [-0.3, -0.25) is 9.59 Å². The zero-order valence-electron chi connectivity index (χ0n) is 14.4. The third-order valence-electron chi connectivity index (χ3n) is 4.03. The van der Waals surface area contributed by atoms with Crippen LogP contribution in [0.4, 0.5) is 0 Å². The number of nitrogens with one attached hydrogen (secondary N) is 1. The van der Waals surface area contributed by atoms with Crippen LogP contribution in [-0.4, -0.2) is 42.3 Å². The summed E-state index contributed by atoms with van der Waals surface area (Å²) in [7, 11) is 0. The van der Waals surface area contributed by atoms with Gasteiger partial charge < -0.3 is 19.9 Å². The molecule has 2 rings (SSSR count). The molecule has 132 valence electrons. The molecule has 1 aromatic rings. The van der Waals surface area contributed by atoms with E-state index >= 15 is 0 Å². The molecule has 0 bridgehead atoms. The van der Waals surface area contributed by atoms with Crippen molar-refractivity contribution in [2.24, 2.45) is 5.41 Å². The highest BCUT2D eigenvalue weighted by Gasteiger charge is 2.40. The molecule has 0 spiro atoms. The fourth-order valence-corrected chi connectivity index (χ4v) is 2.61. The highest BCUT2D eigenvalue weighted by atomic mass is 16.5. The van der Waals surface area contributed by atoms with E-state index in [9.17, 15) is 14.7 Å². The van der Waals surface area contributed by atoms with Gasteiger partial charge in [0.2, 0.25) is 0 Å². The number of amides is 1. The van der Waals surface area contributed by atoms with Crippen LogP contribution in [0.15, 0.2) is 24.3 Å². The van der Waals surface area contributed by atoms with Crippen molar-refractivity contribution in [1.82, 2.24) is 5.32 Å². The molecule has 1 amide bonds. The Bertz CT molecular complexity index is 582. The molecule has 0 saturated carbocycles. The number of carboxylic acids is 1. The van der Waals surface area contributed by atoms with Crippen LogP contribution in [0.3, 0.4) is 0 Å². The molecule has 0 unspecified atom stereocenters. The third kappa shape index (κ3) is 4.71. The molecule has 24 heavy (non-hydrogen) atoms. The second kappa shape index (κ2) is 7.21. The first-order valence-corrected chi connectivity index (χ1v) is 8.10. The highest BCUT2D eigenvalue weighted by Crippen LogP contribution is 2.30. The Morgan fingerprint density at radius 1 is 1.21 bits per heavy atom. The molecule has 1 saturated heterocycles. The fourth-order valence-electron chi connectivity index (χ4n) is 2.61. The standard InChI is InChI=1S/C18H25NO5/c1-17(2,3)24-14-6-4-13(5-7-14)15(20)19-12-18(16(21)22)8-10-23-11-9-18/h4-7H,8-12H2,1-3H3,(H,19,20)(H,21,22). The molecular weight excluding hydrogens is 310 g/mol. The minimum absolute atomic E-state index is 0.102.